The van der Waals surface area contributed by atoms with Gasteiger partial charge in [0.05, 0.1) is 4.90 Å². The highest BCUT2D eigenvalue weighted by molar-refractivity contribution is 7.89. The fraction of sp³-hybridized carbons (Fsp3) is 0.211. The number of benzene rings is 2. The number of rotatable bonds is 8. The predicted octanol–water partition coefficient (Wildman–Crippen LogP) is 1.66. The number of ketones is 1. The summed E-state index contributed by atoms with van der Waals surface area (Å²) in [4.78, 5) is 34.7. The van der Waals surface area contributed by atoms with E-state index in [0.29, 0.717) is 11.3 Å². The number of carbonyl (C=O) groups excluding carboxylic acids is 3. The number of anilines is 1. The summed E-state index contributed by atoms with van der Waals surface area (Å²) in [6.45, 7) is 2.02. The third kappa shape index (κ3) is 6.00. The summed E-state index contributed by atoms with van der Waals surface area (Å²) in [6.07, 6.45) is 0. The first-order valence-electron chi connectivity index (χ1n) is 8.31. The van der Waals surface area contributed by atoms with Gasteiger partial charge < -0.3 is 10.1 Å². The van der Waals surface area contributed by atoms with Crippen molar-refractivity contribution in [2.75, 3.05) is 18.5 Å². The maximum Gasteiger partial charge on any atom is 0.321 e. The smallest absolute Gasteiger partial charge is 0.321 e. The van der Waals surface area contributed by atoms with Crippen LogP contribution < -0.4 is 10.0 Å². The summed E-state index contributed by atoms with van der Waals surface area (Å²) >= 11 is 0. The number of sulfonamides is 1. The Morgan fingerprint density at radius 2 is 1.64 bits per heavy atom. The van der Waals surface area contributed by atoms with Gasteiger partial charge in [-0.15, -0.1) is 0 Å². The molecule has 2 aromatic rings. The van der Waals surface area contributed by atoms with Crippen molar-refractivity contribution in [3.05, 3.63) is 59.7 Å². The minimum absolute atomic E-state index is 0.0948. The second-order valence-electron chi connectivity index (χ2n) is 5.93. The summed E-state index contributed by atoms with van der Waals surface area (Å²) in [5.41, 5.74) is 1.82. The molecule has 0 aliphatic heterocycles. The van der Waals surface area contributed by atoms with Crippen LogP contribution in [-0.2, 0) is 24.3 Å². The molecule has 148 valence electrons. The first kappa shape index (κ1) is 21.3. The molecule has 0 aliphatic carbocycles. The third-order valence-corrected chi connectivity index (χ3v) is 5.18. The Hall–Kier alpha value is -3.04. The van der Waals surface area contributed by atoms with Crippen molar-refractivity contribution in [2.45, 2.75) is 18.7 Å². The van der Waals surface area contributed by atoms with Crippen LogP contribution in [0.2, 0.25) is 0 Å². The average Bonchev–Trinajstić information content (AvgIpc) is 2.66. The van der Waals surface area contributed by atoms with Crippen LogP contribution in [0.1, 0.15) is 22.8 Å². The Morgan fingerprint density at radius 3 is 2.25 bits per heavy atom. The van der Waals surface area contributed by atoms with E-state index in [1.165, 1.54) is 31.2 Å². The third-order valence-electron chi connectivity index (χ3n) is 3.76. The predicted molar refractivity (Wildman–Crippen MR) is 102 cm³/mol. The van der Waals surface area contributed by atoms with E-state index in [0.717, 1.165) is 5.56 Å². The van der Waals surface area contributed by atoms with Crippen LogP contribution in [0.25, 0.3) is 0 Å². The molecular weight excluding hydrogens is 384 g/mol. The Balaban J connectivity index is 1.83. The zero-order valence-corrected chi connectivity index (χ0v) is 16.2. The van der Waals surface area contributed by atoms with Crippen molar-refractivity contribution in [3.8, 4) is 0 Å². The number of para-hydroxylation sites is 1. The lowest BCUT2D eigenvalue weighted by atomic mass is 10.2. The number of carbonyl (C=O) groups is 3. The molecule has 0 bridgehead atoms. The number of ether oxygens (including phenoxy) is 1. The van der Waals surface area contributed by atoms with Crippen LogP contribution in [0.15, 0.2) is 53.4 Å². The number of esters is 1. The van der Waals surface area contributed by atoms with Crippen LogP contribution in [0.5, 0.6) is 0 Å². The van der Waals surface area contributed by atoms with Gasteiger partial charge in [-0.2, -0.15) is 4.72 Å². The molecule has 8 nitrogen and oxygen atoms in total. The van der Waals surface area contributed by atoms with Crippen LogP contribution in [0.3, 0.4) is 0 Å². The Kier molecular flexibility index (Phi) is 7.02. The average molecular weight is 404 g/mol. The molecule has 2 aromatic carbocycles. The van der Waals surface area contributed by atoms with E-state index < -0.39 is 35.1 Å². The second kappa shape index (κ2) is 9.25. The van der Waals surface area contributed by atoms with Crippen molar-refractivity contribution in [3.63, 3.8) is 0 Å². The van der Waals surface area contributed by atoms with Gasteiger partial charge in [0.15, 0.2) is 12.4 Å². The quantitative estimate of drug-likeness (QED) is 0.510. The van der Waals surface area contributed by atoms with Gasteiger partial charge in [-0.3, -0.25) is 14.4 Å². The van der Waals surface area contributed by atoms with Gasteiger partial charge in [-0.05, 0) is 37.6 Å². The molecule has 0 saturated carbocycles. The fourth-order valence-electron chi connectivity index (χ4n) is 2.20. The normalized spacial score (nSPS) is 10.9. The molecule has 0 atom stereocenters. The largest absolute Gasteiger partial charge is 0.455 e. The van der Waals surface area contributed by atoms with Crippen molar-refractivity contribution in [1.29, 1.82) is 0 Å². The van der Waals surface area contributed by atoms with E-state index in [-0.39, 0.29) is 10.7 Å². The highest BCUT2D eigenvalue weighted by Crippen LogP contribution is 2.13. The van der Waals surface area contributed by atoms with Gasteiger partial charge in [0.2, 0.25) is 10.0 Å². The topological polar surface area (TPSA) is 119 Å². The Labute approximate surface area is 163 Å². The molecule has 2 rings (SSSR count). The number of aryl methyl sites for hydroxylation is 1. The van der Waals surface area contributed by atoms with Crippen LogP contribution in [0.4, 0.5) is 5.69 Å². The maximum atomic E-state index is 12.2. The SMILES string of the molecule is CC(=O)c1ccc(S(=O)(=O)NCC(=O)OCC(=O)Nc2ccccc2C)cc1. The minimum Gasteiger partial charge on any atom is -0.455 e. The lowest BCUT2D eigenvalue weighted by Crippen LogP contribution is -2.32. The molecule has 1 amide bonds. The van der Waals surface area contributed by atoms with Gasteiger partial charge in [-0.25, -0.2) is 8.42 Å². The van der Waals surface area contributed by atoms with E-state index in [9.17, 15) is 22.8 Å². The summed E-state index contributed by atoms with van der Waals surface area (Å²) in [5.74, 6) is -1.63. The standard InChI is InChI=1S/C19H20N2O6S/c1-13-5-3-4-6-17(13)21-18(23)12-27-19(24)11-20-28(25,26)16-9-7-15(8-10-16)14(2)22/h3-10,20H,11-12H2,1-2H3,(H,21,23). The summed E-state index contributed by atoms with van der Waals surface area (Å²) in [7, 11) is -3.95. The number of nitrogens with one attached hydrogen (secondary N) is 2. The van der Waals surface area contributed by atoms with E-state index >= 15 is 0 Å². The van der Waals surface area contributed by atoms with Crippen molar-refractivity contribution in [2.24, 2.45) is 0 Å². The second-order valence-corrected chi connectivity index (χ2v) is 7.70. The van der Waals surface area contributed by atoms with E-state index in [1.54, 1.807) is 12.1 Å². The fourth-order valence-corrected chi connectivity index (χ4v) is 3.17. The van der Waals surface area contributed by atoms with Gasteiger partial charge >= 0.3 is 5.97 Å². The lowest BCUT2D eigenvalue weighted by molar-refractivity contribution is -0.146. The van der Waals surface area contributed by atoms with Crippen molar-refractivity contribution >= 4 is 33.4 Å². The molecule has 0 radical (unpaired) electrons. The summed E-state index contributed by atoms with van der Waals surface area (Å²) in [6, 6.07) is 12.4. The molecule has 0 aromatic heterocycles. The van der Waals surface area contributed by atoms with Gasteiger partial charge in [0.1, 0.15) is 6.54 Å². The molecule has 0 saturated heterocycles. The molecule has 0 spiro atoms. The van der Waals surface area contributed by atoms with Gasteiger partial charge in [-0.1, -0.05) is 30.3 Å². The number of hydrogen-bond donors (Lipinski definition) is 2. The van der Waals surface area contributed by atoms with E-state index in [2.05, 4.69) is 10.0 Å². The molecule has 0 aliphatic rings. The van der Waals surface area contributed by atoms with Crippen molar-refractivity contribution < 1.29 is 27.5 Å². The summed E-state index contributed by atoms with van der Waals surface area (Å²) < 4.78 is 31.2. The highest BCUT2D eigenvalue weighted by atomic mass is 32.2. The molecular formula is C19H20N2O6S. The van der Waals surface area contributed by atoms with E-state index in [4.69, 9.17) is 4.74 Å². The van der Waals surface area contributed by atoms with Gasteiger partial charge in [0, 0.05) is 11.3 Å². The number of amides is 1. The highest BCUT2D eigenvalue weighted by Gasteiger charge is 2.17. The molecule has 0 unspecified atom stereocenters. The van der Waals surface area contributed by atoms with Gasteiger partial charge in [0.25, 0.3) is 5.91 Å². The first-order valence-corrected chi connectivity index (χ1v) is 9.79. The number of Topliss-reactive ketones (excluding diaryl/α,β-unsaturated/α-hetero) is 1. The minimum atomic E-state index is -3.95. The van der Waals surface area contributed by atoms with Crippen LogP contribution in [-0.4, -0.2) is 39.2 Å². The molecule has 2 N–H and O–H groups in total. The monoisotopic (exact) mass is 404 g/mol. The Bertz CT molecular complexity index is 984. The number of hydrogen-bond acceptors (Lipinski definition) is 6. The molecule has 9 heteroatoms. The molecule has 0 fully saturated rings. The summed E-state index contributed by atoms with van der Waals surface area (Å²) in [5, 5.41) is 2.60. The Morgan fingerprint density at radius 1 is 1.00 bits per heavy atom. The van der Waals surface area contributed by atoms with E-state index in [1.807, 2.05) is 19.1 Å². The zero-order valence-electron chi connectivity index (χ0n) is 15.4. The zero-order chi connectivity index (χ0) is 20.7. The lowest BCUT2D eigenvalue weighted by Gasteiger charge is -2.09. The van der Waals surface area contributed by atoms with Crippen molar-refractivity contribution in [1.82, 2.24) is 4.72 Å². The maximum absolute atomic E-state index is 12.2. The molecule has 0 heterocycles. The molecule has 28 heavy (non-hydrogen) atoms. The van der Waals surface area contributed by atoms with Crippen LogP contribution >= 0.6 is 0 Å². The first-order chi connectivity index (χ1) is 13.2. The van der Waals surface area contributed by atoms with Crippen LogP contribution in [0, 0.1) is 6.92 Å².